The van der Waals surface area contributed by atoms with Crippen molar-refractivity contribution in [1.82, 2.24) is 10.3 Å². The van der Waals surface area contributed by atoms with Crippen LogP contribution in [0.5, 0.6) is 0 Å². The Morgan fingerprint density at radius 2 is 2.10 bits per heavy atom. The Morgan fingerprint density at radius 1 is 1.35 bits per heavy atom. The molecule has 0 aromatic carbocycles. The average molecular weight is 322 g/mol. The third-order valence-corrected chi connectivity index (χ3v) is 4.01. The van der Waals surface area contributed by atoms with E-state index in [1.54, 1.807) is 5.38 Å². The van der Waals surface area contributed by atoms with Gasteiger partial charge >= 0.3 is 6.18 Å². The highest BCUT2D eigenvalue weighted by Gasteiger charge is 2.35. The Morgan fingerprint density at radius 3 is 2.70 bits per heavy atom. The van der Waals surface area contributed by atoms with E-state index in [9.17, 15) is 18.0 Å². The molecule has 2 aromatic heterocycles. The summed E-state index contributed by atoms with van der Waals surface area (Å²) in [4.78, 5) is 15.7. The second kappa shape index (κ2) is 5.90. The molecule has 0 fully saturated rings. The average Bonchev–Trinajstić information content (AvgIpc) is 3.03. The molecule has 0 bridgehead atoms. The van der Waals surface area contributed by atoms with E-state index in [2.05, 4.69) is 10.3 Å². The lowest BCUT2D eigenvalue weighted by molar-refractivity contribution is -0.137. The number of aliphatic hydroxyl groups is 1. The molecule has 9 heteroatoms. The number of nitrogens with one attached hydrogen (secondary N) is 1. The van der Waals surface area contributed by atoms with Crippen LogP contribution in [0, 0.1) is 0 Å². The second-order valence-electron chi connectivity index (χ2n) is 3.77. The van der Waals surface area contributed by atoms with Gasteiger partial charge in [-0.2, -0.15) is 24.5 Å². The van der Waals surface area contributed by atoms with Crippen molar-refractivity contribution in [2.24, 2.45) is 0 Å². The lowest BCUT2D eigenvalue weighted by atomic mass is 10.2. The van der Waals surface area contributed by atoms with Crippen LogP contribution in [0.15, 0.2) is 16.1 Å². The van der Waals surface area contributed by atoms with Crippen molar-refractivity contribution in [2.45, 2.75) is 19.3 Å². The number of thiophene rings is 1. The smallest absolute Gasteiger partial charge is 0.390 e. The molecule has 0 radical (unpaired) electrons. The Balaban J connectivity index is 2.04. The molecule has 108 valence electrons. The standard InChI is InChI=1S/C11H9F3N2O2S2/c12-11(13,14)8-5-19-4-7(8)10(18)15-1-9-16-6(2-17)3-20-9/h3-5,17H,1-2H2,(H,15,18). The van der Waals surface area contributed by atoms with E-state index >= 15 is 0 Å². The third-order valence-electron chi connectivity index (χ3n) is 2.37. The van der Waals surface area contributed by atoms with Crippen molar-refractivity contribution >= 4 is 28.6 Å². The molecule has 0 saturated carbocycles. The van der Waals surface area contributed by atoms with Gasteiger partial charge in [0.15, 0.2) is 0 Å². The van der Waals surface area contributed by atoms with Gasteiger partial charge < -0.3 is 10.4 Å². The fourth-order valence-electron chi connectivity index (χ4n) is 1.45. The lowest BCUT2D eigenvalue weighted by Crippen LogP contribution is -2.24. The molecule has 2 N–H and O–H groups in total. The van der Waals surface area contributed by atoms with Crippen LogP contribution in [0.25, 0.3) is 0 Å². The number of nitrogens with zero attached hydrogens (tertiary/aromatic N) is 1. The zero-order valence-corrected chi connectivity index (χ0v) is 11.5. The number of aliphatic hydroxyl groups excluding tert-OH is 1. The van der Waals surface area contributed by atoms with Gasteiger partial charge in [-0.3, -0.25) is 4.79 Å². The third kappa shape index (κ3) is 3.35. The molecule has 2 heterocycles. The van der Waals surface area contributed by atoms with Crippen LogP contribution in [0.2, 0.25) is 0 Å². The van der Waals surface area contributed by atoms with Crippen molar-refractivity contribution in [2.75, 3.05) is 0 Å². The summed E-state index contributed by atoms with van der Waals surface area (Å²) in [5.41, 5.74) is -0.859. The minimum absolute atomic E-state index is 0.0244. The van der Waals surface area contributed by atoms with E-state index in [4.69, 9.17) is 5.11 Å². The molecule has 2 aromatic rings. The molecule has 2 rings (SSSR count). The highest BCUT2D eigenvalue weighted by Crippen LogP contribution is 2.34. The first-order valence-electron chi connectivity index (χ1n) is 5.37. The molecule has 0 spiro atoms. The number of carbonyl (C=O) groups is 1. The number of alkyl halides is 3. The molecular formula is C11H9F3N2O2S2. The summed E-state index contributed by atoms with van der Waals surface area (Å²) >= 11 is 2.04. The predicted octanol–water partition coefficient (Wildman–Crippen LogP) is 2.65. The molecule has 0 aliphatic carbocycles. The number of thiazole rings is 1. The summed E-state index contributed by atoms with van der Waals surface area (Å²) in [6.07, 6.45) is -4.54. The zero-order valence-electron chi connectivity index (χ0n) is 9.90. The fourth-order valence-corrected chi connectivity index (χ4v) is 3.01. The monoisotopic (exact) mass is 322 g/mol. The zero-order chi connectivity index (χ0) is 14.8. The number of hydrogen-bond acceptors (Lipinski definition) is 5. The largest absolute Gasteiger partial charge is 0.417 e. The Labute approximate surface area is 119 Å². The van der Waals surface area contributed by atoms with Gasteiger partial charge in [0.2, 0.25) is 0 Å². The highest BCUT2D eigenvalue weighted by molar-refractivity contribution is 7.09. The first kappa shape index (κ1) is 14.9. The van der Waals surface area contributed by atoms with Gasteiger partial charge in [0.05, 0.1) is 30.0 Å². The number of aromatic nitrogens is 1. The van der Waals surface area contributed by atoms with Crippen molar-refractivity contribution < 1.29 is 23.1 Å². The molecule has 0 aliphatic heterocycles. The van der Waals surface area contributed by atoms with Gasteiger partial charge in [-0.15, -0.1) is 11.3 Å². The van der Waals surface area contributed by atoms with E-state index in [0.717, 1.165) is 16.7 Å². The van der Waals surface area contributed by atoms with Gasteiger partial charge in [-0.05, 0) is 0 Å². The maximum atomic E-state index is 12.6. The number of amides is 1. The van der Waals surface area contributed by atoms with E-state index in [1.165, 1.54) is 16.7 Å². The molecule has 0 saturated heterocycles. The first-order chi connectivity index (χ1) is 9.41. The van der Waals surface area contributed by atoms with Gasteiger partial charge in [0.1, 0.15) is 5.01 Å². The Kier molecular flexibility index (Phi) is 4.41. The van der Waals surface area contributed by atoms with Crippen molar-refractivity contribution in [3.05, 3.63) is 38.0 Å². The van der Waals surface area contributed by atoms with Crippen LogP contribution < -0.4 is 5.32 Å². The molecule has 4 nitrogen and oxygen atoms in total. The number of halogens is 3. The van der Waals surface area contributed by atoms with Gasteiger partial charge in [0, 0.05) is 16.1 Å². The lowest BCUT2D eigenvalue weighted by Gasteiger charge is -2.07. The van der Waals surface area contributed by atoms with E-state index in [-0.39, 0.29) is 18.7 Å². The summed E-state index contributed by atoms with van der Waals surface area (Å²) in [7, 11) is 0. The summed E-state index contributed by atoms with van der Waals surface area (Å²) in [6.45, 7) is -0.191. The molecule has 0 atom stereocenters. The minimum atomic E-state index is -4.54. The van der Waals surface area contributed by atoms with Gasteiger partial charge in [-0.1, -0.05) is 0 Å². The van der Waals surface area contributed by atoms with Crippen LogP contribution >= 0.6 is 22.7 Å². The van der Waals surface area contributed by atoms with Crippen molar-refractivity contribution in [1.29, 1.82) is 0 Å². The summed E-state index contributed by atoms with van der Waals surface area (Å²) in [5.74, 6) is -0.792. The topological polar surface area (TPSA) is 62.2 Å². The normalized spacial score (nSPS) is 11.6. The minimum Gasteiger partial charge on any atom is -0.390 e. The van der Waals surface area contributed by atoms with Crippen LogP contribution in [0.4, 0.5) is 13.2 Å². The summed E-state index contributed by atoms with van der Waals surface area (Å²) in [5, 5.41) is 15.4. The van der Waals surface area contributed by atoms with Crippen LogP contribution in [-0.2, 0) is 19.3 Å². The van der Waals surface area contributed by atoms with E-state index in [0.29, 0.717) is 10.7 Å². The summed E-state index contributed by atoms with van der Waals surface area (Å²) in [6, 6.07) is 0. The summed E-state index contributed by atoms with van der Waals surface area (Å²) < 4.78 is 37.9. The second-order valence-corrected chi connectivity index (χ2v) is 5.46. The number of rotatable bonds is 4. The molecule has 0 aliphatic rings. The number of hydrogen-bond donors (Lipinski definition) is 2. The van der Waals surface area contributed by atoms with E-state index < -0.39 is 17.6 Å². The molecular weight excluding hydrogens is 313 g/mol. The maximum Gasteiger partial charge on any atom is 0.417 e. The van der Waals surface area contributed by atoms with Crippen LogP contribution in [-0.4, -0.2) is 16.0 Å². The van der Waals surface area contributed by atoms with Gasteiger partial charge in [0.25, 0.3) is 5.91 Å². The Bertz CT molecular complexity index is 607. The predicted molar refractivity (Wildman–Crippen MR) is 68.5 cm³/mol. The quantitative estimate of drug-likeness (QED) is 0.910. The van der Waals surface area contributed by atoms with Crippen LogP contribution in [0.3, 0.4) is 0 Å². The van der Waals surface area contributed by atoms with E-state index in [1.807, 2.05) is 0 Å². The van der Waals surface area contributed by atoms with Crippen LogP contribution in [0.1, 0.15) is 26.6 Å². The molecule has 1 amide bonds. The highest BCUT2D eigenvalue weighted by atomic mass is 32.1. The fraction of sp³-hybridized carbons (Fsp3) is 0.273. The molecule has 0 unspecified atom stereocenters. The molecule has 20 heavy (non-hydrogen) atoms. The first-order valence-corrected chi connectivity index (χ1v) is 7.19. The van der Waals surface area contributed by atoms with Crippen molar-refractivity contribution in [3.63, 3.8) is 0 Å². The SMILES string of the molecule is O=C(NCc1nc(CO)cs1)c1cscc1C(F)(F)F. The van der Waals surface area contributed by atoms with Gasteiger partial charge in [-0.25, -0.2) is 4.98 Å². The van der Waals surface area contributed by atoms with Crippen molar-refractivity contribution in [3.8, 4) is 0 Å². The maximum absolute atomic E-state index is 12.6. The number of carbonyl (C=O) groups excluding carboxylic acids is 1. The Hall–Kier alpha value is -1.45.